The third-order valence-electron chi connectivity index (χ3n) is 4.26. The van der Waals surface area contributed by atoms with Crippen LogP contribution in [-0.2, 0) is 12.8 Å². The van der Waals surface area contributed by atoms with Crippen molar-refractivity contribution >= 4 is 24.1 Å². The minimum absolute atomic E-state index is 1.02. The second kappa shape index (κ2) is 5.12. The SMILES string of the molecule is C(=[N+]=CN1CCc2ccccc21)N1CCc2ccccc21. The van der Waals surface area contributed by atoms with Gasteiger partial charge >= 0.3 is 0 Å². The molecule has 2 aromatic carbocycles. The van der Waals surface area contributed by atoms with Gasteiger partial charge in [0.05, 0.1) is 13.1 Å². The Balaban J connectivity index is 1.55. The molecule has 0 aliphatic carbocycles. The lowest BCUT2D eigenvalue weighted by Crippen LogP contribution is -2.23. The average molecular weight is 276 g/mol. The highest BCUT2D eigenvalue weighted by molar-refractivity contribution is 5.88. The van der Waals surface area contributed by atoms with Gasteiger partial charge in [0.15, 0.2) is 0 Å². The maximum atomic E-state index is 4.53. The Bertz CT molecular complexity index is 669. The molecule has 0 saturated heterocycles. The molecule has 0 unspecified atom stereocenters. The molecule has 2 heterocycles. The average Bonchev–Trinajstić information content (AvgIpc) is 3.13. The van der Waals surface area contributed by atoms with Crippen LogP contribution in [0.1, 0.15) is 11.1 Å². The number of fused-ring (bicyclic) bond motifs is 2. The quantitative estimate of drug-likeness (QED) is 0.476. The number of anilines is 2. The maximum Gasteiger partial charge on any atom is 0.279 e. The van der Waals surface area contributed by atoms with Gasteiger partial charge in [-0.15, -0.1) is 0 Å². The molecule has 0 amide bonds. The zero-order valence-electron chi connectivity index (χ0n) is 11.9. The number of hydrogen-bond donors (Lipinski definition) is 0. The summed E-state index contributed by atoms with van der Waals surface area (Å²) in [6, 6.07) is 17.1. The highest BCUT2D eigenvalue weighted by Crippen LogP contribution is 2.26. The zero-order chi connectivity index (χ0) is 14.1. The molecule has 0 N–H and O–H groups in total. The first kappa shape index (κ1) is 12.2. The molecular weight excluding hydrogens is 258 g/mol. The molecule has 0 aromatic heterocycles. The Labute approximate surface area is 124 Å². The molecule has 3 nitrogen and oxygen atoms in total. The summed E-state index contributed by atoms with van der Waals surface area (Å²) in [5, 5.41) is 0. The van der Waals surface area contributed by atoms with E-state index < -0.39 is 0 Å². The minimum atomic E-state index is 1.02. The first-order chi connectivity index (χ1) is 10.4. The van der Waals surface area contributed by atoms with Crippen molar-refractivity contribution in [2.45, 2.75) is 12.8 Å². The lowest BCUT2D eigenvalue weighted by Gasteiger charge is -2.06. The van der Waals surface area contributed by atoms with Crippen LogP contribution in [-0.4, -0.2) is 25.8 Å². The van der Waals surface area contributed by atoms with Crippen LogP contribution in [0.5, 0.6) is 0 Å². The van der Waals surface area contributed by atoms with Crippen molar-refractivity contribution in [3.05, 3.63) is 59.7 Å². The van der Waals surface area contributed by atoms with Gasteiger partial charge in [-0.05, 0) is 23.3 Å². The van der Waals surface area contributed by atoms with Gasteiger partial charge in [0, 0.05) is 12.8 Å². The predicted octanol–water partition coefficient (Wildman–Crippen LogP) is 2.24. The molecule has 104 valence electrons. The molecule has 0 atom stereocenters. The second-order valence-electron chi connectivity index (χ2n) is 5.52. The standard InChI is InChI=1S/C18H18N3/c1-3-7-17-15(5-1)9-11-20(17)13-19-14-21-12-10-16-6-2-4-8-18(16)21/h1-8,13-14H,9-12H2/q+1. The highest BCUT2D eigenvalue weighted by atomic mass is 15.2. The van der Waals surface area contributed by atoms with Crippen LogP contribution in [0.2, 0.25) is 0 Å². The van der Waals surface area contributed by atoms with Gasteiger partial charge in [-0.2, -0.15) is 0 Å². The summed E-state index contributed by atoms with van der Waals surface area (Å²) in [5.74, 6) is 0. The van der Waals surface area contributed by atoms with E-state index in [9.17, 15) is 0 Å². The Hall–Kier alpha value is -2.51. The fourth-order valence-electron chi connectivity index (χ4n) is 3.16. The lowest BCUT2D eigenvalue weighted by atomic mass is 10.2. The highest BCUT2D eigenvalue weighted by Gasteiger charge is 2.22. The van der Waals surface area contributed by atoms with E-state index >= 15 is 0 Å². The number of nitrogens with zero attached hydrogens (tertiary/aromatic N) is 3. The maximum absolute atomic E-state index is 4.53. The fourth-order valence-corrected chi connectivity index (χ4v) is 3.16. The molecule has 0 fully saturated rings. The van der Waals surface area contributed by atoms with Crippen molar-refractivity contribution < 1.29 is 0 Å². The summed E-state index contributed by atoms with van der Waals surface area (Å²) in [5.41, 5.74) is 5.40. The Morgan fingerprint density at radius 1 is 0.714 bits per heavy atom. The van der Waals surface area contributed by atoms with Crippen molar-refractivity contribution in [2.24, 2.45) is 0 Å². The lowest BCUT2D eigenvalue weighted by molar-refractivity contribution is 1.02. The molecule has 0 spiro atoms. The van der Waals surface area contributed by atoms with Gasteiger partial charge in [0.1, 0.15) is 11.4 Å². The summed E-state index contributed by atoms with van der Waals surface area (Å²) in [4.78, 5) is 4.46. The Morgan fingerprint density at radius 3 is 1.71 bits per heavy atom. The van der Waals surface area contributed by atoms with Gasteiger partial charge in [0.25, 0.3) is 12.7 Å². The zero-order valence-corrected chi connectivity index (χ0v) is 11.9. The van der Waals surface area contributed by atoms with Gasteiger partial charge in [-0.25, -0.2) is 4.67 Å². The van der Waals surface area contributed by atoms with Gasteiger partial charge in [-0.3, -0.25) is 9.80 Å². The van der Waals surface area contributed by atoms with E-state index in [1.54, 1.807) is 0 Å². The molecule has 0 bridgehead atoms. The monoisotopic (exact) mass is 276 g/mol. The first-order valence-corrected chi connectivity index (χ1v) is 7.47. The topological polar surface area (TPSA) is 20.6 Å². The first-order valence-electron chi connectivity index (χ1n) is 7.47. The van der Waals surface area contributed by atoms with E-state index in [0.29, 0.717) is 0 Å². The molecule has 2 aromatic rings. The van der Waals surface area contributed by atoms with Crippen LogP contribution in [0.15, 0.2) is 48.5 Å². The Morgan fingerprint density at radius 2 is 1.19 bits per heavy atom. The van der Waals surface area contributed by atoms with Crippen molar-refractivity contribution in [1.82, 2.24) is 4.67 Å². The van der Waals surface area contributed by atoms with E-state index in [-0.39, 0.29) is 0 Å². The van der Waals surface area contributed by atoms with Gasteiger partial charge < -0.3 is 0 Å². The van der Waals surface area contributed by atoms with Crippen molar-refractivity contribution in [3.8, 4) is 0 Å². The minimum Gasteiger partial charge on any atom is -0.252 e. The number of rotatable bonds is 2. The summed E-state index contributed by atoms with van der Waals surface area (Å²) < 4.78 is 4.53. The molecular formula is C18H18N3+. The van der Waals surface area contributed by atoms with E-state index in [0.717, 1.165) is 25.9 Å². The van der Waals surface area contributed by atoms with Crippen LogP contribution in [0.25, 0.3) is 0 Å². The number of hydrogen-bond acceptors (Lipinski definition) is 0. The third kappa shape index (κ3) is 2.22. The molecule has 4 rings (SSSR count). The van der Waals surface area contributed by atoms with E-state index in [1.807, 2.05) is 12.7 Å². The van der Waals surface area contributed by atoms with Crippen LogP contribution in [0.3, 0.4) is 0 Å². The van der Waals surface area contributed by atoms with Crippen molar-refractivity contribution in [3.63, 3.8) is 0 Å². The van der Waals surface area contributed by atoms with Crippen LogP contribution in [0, 0.1) is 0 Å². The van der Waals surface area contributed by atoms with E-state index in [1.165, 1.54) is 22.5 Å². The van der Waals surface area contributed by atoms with Crippen molar-refractivity contribution in [2.75, 3.05) is 22.9 Å². The molecule has 2 aliphatic rings. The normalized spacial score (nSPS) is 15.4. The van der Waals surface area contributed by atoms with E-state index in [4.69, 9.17) is 0 Å². The summed E-state index contributed by atoms with van der Waals surface area (Å²) in [6.07, 6.45) is 6.11. The smallest absolute Gasteiger partial charge is 0.252 e. The fraction of sp³-hybridized carbons (Fsp3) is 0.222. The third-order valence-corrected chi connectivity index (χ3v) is 4.26. The second-order valence-corrected chi connectivity index (χ2v) is 5.52. The molecule has 3 heteroatoms. The van der Waals surface area contributed by atoms with Crippen LogP contribution < -0.4 is 14.5 Å². The van der Waals surface area contributed by atoms with Gasteiger partial charge in [0.2, 0.25) is 0 Å². The van der Waals surface area contributed by atoms with Gasteiger partial charge in [-0.1, -0.05) is 36.4 Å². The van der Waals surface area contributed by atoms with Crippen molar-refractivity contribution in [1.29, 1.82) is 0 Å². The molecule has 2 aliphatic heterocycles. The Kier molecular flexibility index (Phi) is 2.98. The van der Waals surface area contributed by atoms with Crippen LogP contribution in [0.4, 0.5) is 11.4 Å². The predicted molar refractivity (Wildman–Crippen MR) is 89.2 cm³/mol. The molecule has 0 radical (unpaired) electrons. The van der Waals surface area contributed by atoms with E-state index in [2.05, 4.69) is 63.0 Å². The molecule has 0 saturated carbocycles. The number of benzene rings is 2. The van der Waals surface area contributed by atoms with Crippen LogP contribution >= 0.6 is 0 Å². The summed E-state index contributed by atoms with van der Waals surface area (Å²) in [6.45, 7) is 2.04. The largest absolute Gasteiger partial charge is 0.279 e. The molecule has 21 heavy (non-hydrogen) atoms. The number of para-hydroxylation sites is 2. The summed E-state index contributed by atoms with van der Waals surface area (Å²) >= 11 is 0. The summed E-state index contributed by atoms with van der Waals surface area (Å²) in [7, 11) is 0.